The maximum atomic E-state index is 12.3. The maximum absolute atomic E-state index is 12.3. The molecule has 0 bridgehead atoms. The van der Waals surface area contributed by atoms with E-state index >= 15 is 0 Å². The Bertz CT molecular complexity index is 658. The zero-order chi connectivity index (χ0) is 13.6. The fourth-order valence-corrected chi connectivity index (χ4v) is 3.16. The van der Waals surface area contributed by atoms with Gasteiger partial charge in [-0.15, -0.1) is 11.3 Å². The number of hydrogen-bond donors (Lipinski definition) is 0. The molecular formula is C15H16N2OS. The fraction of sp³-hybridized carbons (Fsp3) is 0.400. The third-order valence-corrected chi connectivity index (χ3v) is 4.64. The number of thiazole rings is 1. The highest BCUT2D eigenvalue weighted by Gasteiger charge is 2.34. The molecule has 4 heteroatoms. The van der Waals surface area contributed by atoms with Gasteiger partial charge in [0.05, 0.1) is 11.4 Å². The Labute approximate surface area is 116 Å². The average molecular weight is 272 g/mol. The van der Waals surface area contributed by atoms with Crippen LogP contribution in [0.25, 0.3) is 10.7 Å². The number of fused-ring (bicyclic) bond motifs is 1. The predicted molar refractivity (Wildman–Crippen MR) is 76.5 cm³/mol. The summed E-state index contributed by atoms with van der Waals surface area (Å²) in [4.78, 5) is 21.4. The first-order valence-electron chi connectivity index (χ1n) is 6.44. The fourth-order valence-electron chi connectivity index (χ4n) is 2.40. The lowest BCUT2D eigenvalue weighted by Crippen LogP contribution is -2.31. The Balaban J connectivity index is 2.04. The minimum Gasteiger partial charge on any atom is -0.294 e. The second-order valence-corrected chi connectivity index (χ2v) is 6.56. The summed E-state index contributed by atoms with van der Waals surface area (Å²) in [5.41, 5.74) is 3.34. The van der Waals surface area contributed by atoms with Gasteiger partial charge in [-0.1, -0.05) is 13.8 Å². The SMILES string of the molecule is Cc1csc(-c2ccc3c(n2)CCC(C)(C)C3=O)n1. The Morgan fingerprint density at radius 3 is 2.74 bits per heavy atom. The van der Waals surface area contributed by atoms with Crippen LogP contribution in [0.15, 0.2) is 17.5 Å². The molecule has 3 rings (SSSR count). The third kappa shape index (κ3) is 2.10. The molecule has 19 heavy (non-hydrogen) atoms. The summed E-state index contributed by atoms with van der Waals surface area (Å²) in [5.74, 6) is 0.211. The van der Waals surface area contributed by atoms with Crippen LogP contribution in [0.5, 0.6) is 0 Å². The third-order valence-electron chi connectivity index (χ3n) is 3.66. The van der Waals surface area contributed by atoms with Crippen molar-refractivity contribution in [2.45, 2.75) is 33.6 Å². The predicted octanol–water partition coefficient (Wildman–Crippen LogP) is 3.67. The van der Waals surface area contributed by atoms with Crippen LogP contribution >= 0.6 is 11.3 Å². The molecule has 1 aliphatic rings. The first-order valence-corrected chi connectivity index (χ1v) is 7.32. The van der Waals surface area contributed by atoms with Crippen molar-refractivity contribution in [3.05, 3.63) is 34.5 Å². The van der Waals surface area contributed by atoms with Crippen molar-refractivity contribution in [3.8, 4) is 10.7 Å². The van der Waals surface area contributed by atoms with Crippen molar-refractivity contribution in [1.29, 1.82) is 0 Å². The van der Waals surface area contributed by atoms with Gasteiger partial charge in [-0.2, -0.15) is 0 Å². The standard InChI is InChI=1S/C15H16N2OS/c1-9-8-19-14(16-9)12-5-4-10-11(17-12)6-7-15(2,3)13(10)18/h4-5,8H,6-7H2,1-3H3. The van der Waals surface area contributed by atoms with Crippen LogP contribution in [0.3, 0.4) is 0 Å². The van der Waals surface area contributed by atoms with Crippen molar-refractivity contribution >= 4 is 17.1 Å². The van der Waals surface area contributed by atoms with Crippen molar-refractivity contribution in [2.75, 3.05) is 0 Å². The number of aryl methyl sites for hydroxylation is 2. The highest BCUT2D eigenvalue weighted by atomic mass is 32.1. The number of Topliss-reactive ketones (excluding diaryl/α,β-unsaturated/α-hetero) is 1. The average Bonchev–Trinajstić information content (AvgIpc) is 2.81. The van der Waals surface area contributed by atoms with E-state index < -0.39 is 0 Å². The van der Waals surface area contributed by atoms with Crippen LogP contribution < -0.4 is 0 Å². The van der Waals surface area contributed by atoms with Crippen molar-refractivity contribution in [3.63, 3.8) is 0 Å². The van der Waals surface area contributed by atoms with E-state index in [0.717, 1.165) is 40.5 Å². The summed E-state index contributed by atoms with van der Waals surface area (Å²) >= 11 is 1.60. The minimum absolute atomic E-state index is 0.211. The second kappa shape index (κ2) is 4.23. The molecule has 0 fully saturated rings. The van der Waals surface area contributed by atoms with Crippen LogP contribution in [0, 0.1) is 12.3 Å². The highest BCUT2D eigenvalue weighted by molar-refractivity contribution is 7.13. The van der Waals surface area contributed by atoms with Gasteiger partial charge in [-0.05, 0) is 31.9 Å². The molecule has 2 aromatic rings. The number of hydrogen-bond acceptors (Lipinski definition) is 4. The number of carbonyl (C=O) groups is 1. The first kappa shape index (κ1) is 12.5. The number of nitrogens with zero attached hydrogens (tertiary/aromatic N) is 2. The molecule has 0 spiro atoms. The van der Waals surface area contributed by atoms with E-state index in [9.17, 15) is 4.79 Å². The number of pyridine rings is 1. The lowest BCUT2D eigenvalue weighted by Gasteiger charge is -2.28. The molecule has 1 aliphatic carbocycles. The van der Waals surface area contributed by atoms with Crippen molar-refractivity contribution in [2.24, 2.45) is 5.41 Å². The smallest absolute Gasteiger partial charge is 0.170 e. The molecular weight excluding hydrogens is 256 g/mol. The van der Waals surface area contributed by atoms with Crippen LogP contribution in [0.2, 0.25) is 0 Å². The number of ketones is 1. The highest BCUT2D eigenvalue weighted by Crippen LogP contribution is 2.35. The Morgan fingerprint density at radius 2 is 2.05 bits per heavy atom. The van der Waals surface area contributed by atoms with E-state index in [1.165, 1.54) is 0 Å². The number of aromatic nitrogens is 2. The van der Waals surface area contributed by atoms with E-state index in [2.05, 4.69) is 9.97 Å². The molecule has 0 N–H and O–H groups in total. The molecule has 3 nitrogen and oxygen atoms in total. The van der Waals surface area contributed by atoms with E-state index in [-0.39, 0.29) is 11.2 Å². The first-order chi connectivity index (χ1) is 8.97. The molecule has 0 aromatic carbocycles. The molecule has 0 aliphatic heterocycles. The van der Waals surface area contributed by atoms with Gasteiger partial charge in [0, 0.05) is 22.1 Å². The molecule has 0 saturated heterocycles. The Hall–Kier alpha value is -1.55. The topological polar surface area (TPSA) is 42.9 Å². The monoisotopic (exact) mass is 272 g/mol. The largest absolute Gasteiger partial charge is 0.294 e. The van der Waals surface area contributed by atoms with Gasteiger partial charge in [-0.25, -0.2) is 9.97 Å². The van der Waals surface area contributed by atoms with Crippen molar-refractivity contribution in [1.82, 2.24) is 9.97 Å². The maximum Gasteiger partial charge on any atom is 0.170 e. The molecule has 0 saturated carbocycles. The van der Waals surface area contributed by atoms with Crippen LogP contribution in [-0.2, 0) is 6.42 Å². The second-order valence-electron chi connectivity index (χ2n) is 5.70. The molecule has 0 radical (unpaired) electrons. The van der Waals surface area contributed by atoms with Gasteiger partial charge >= 0.3 is 0 Å². The van der Waals surface area contributed by atoms with Crippen molar-refractivity contribution < 1.29 is 4.79 Å². The molecule has 0 unspecified atom stereocenters. The van der Waals surface area contributed by atoms with E-state index in [1.54, 1.807) is 11.3 Å². The summed E-state index contributed by atoms with van der Waals surface area (Å²) in [7, 11) is 0. The number of carbonyl (C=O) groups excluding carboxylic acids is 1. The van der Waals surface area contributed by atoms with Gasteiger partial charge in [0.2, 0.25) is 0 Å². The van der Waals surface area contributed by atoms with E-state index in [4.69, 9.17) is 0 Å². The van der Waals surface area contributed by atoms with E-state index in [1.807, 2.05) is 38.3 Å². The lowest BCUT2D eigenvalue weighted by atomic mass is 9.75. The van der Waals surface area contributed by atoms with Crippen LogP contribution in [0.1, 0.15) is 42.0 Å². The summed E-state index contributed by atoms with van der Waals surface area (Å²) < 4.78 is 0. The summed E-state index contributed by atoms with van der Waals surface area (Å²) in [6.45, 7) is 6.00. The molecule has 0 atom stereocenters. The van der Waals surface area contributed by atoms with Crippen LogP contribution in [-0.4, -0.2) is 15.8 Å². The molecule has 2 aromatic heterocycles. The lowest BCUT2D eigenvalue weighted by molar-refractivity contribution is 0.0809. The van der Waals surface area contributed by atoms with Gasteiger partial charge < -0.3 is 0 Å². The minimum atomic E-state index is -0.256. The molecule has 0 amide bonds. The molecule has 98 valence electrons. The van der Waals surface area contributed by atoms with Gasteiger partial charge in [0.25, 0.3) is 0 Å². The summed E-state index contributed by atoms with van der Waals surface area (Å²) in [6, 6.07) is 3.83. The zero-order valence-corrected chi connectivity index (χ0v) is 12.2. The summed E-state index contributed by atoms with van der Waals surface area (Å²) in [5, 5.41) is 2.95. The van der Waals surface area contributed by atoms with Crippen LogP contribution in [0.4, 0.5) is 0 Å². The Kier molecular flexibility index (Phi) is 2.78. The quantitative estimate of drug-likeness (QED) is 0.795. The zero-order valence-electron chi connectivity index (χ0n) is 11.4. The normalized spacial score (nSPS) is 17.3. The van der Waals surface area contributed by atoms with Gasteiger partial charge in [0.1, 0.15) is 5.01 Å². The Morgan fingerprint density at radius 1 is 1.26 bits per heavy atom. The van der Waals surface area contributed by atoms with Gasteiger partial charge in [-0.3, -0.25) is 4.79 Å². The van der Waals surface area contributed by atoms with Gasteiger partial charge in [0.15, 0.2) is 5.78 Å². The number of rotatable bonds is 1. The molecule has 2 heterocycles. The van der Waals surface area contributed by atoms with E-state index in [0.29, 0.717) is 0 Å². The summed E-state index contributed by atoms with van der Waals surface area (Å²) in [6.07, 6.45) is 1.73.